The molecule has 1 aromatic carbocycles. The topological polar surface area (TPSA) is 55.4 Å². The van der Waals surface area contributed by atoms with Gasteiger partial charge in [0.1, 0.15) is 13.2 Å². The van der Waals surface area contributed by atoms with E-state index in [2.05, 4.69) is 27.9 Å². The van der Waals surface area contributed by atoms with Crippen molar-refractivity contribution in [1.29, 1.82) is 0 Å². The van der Waals surface area contributed by atoms with Gasteiger partial charge in [0, 0.05) is 9.99 Å². The molecule has 0 atom stereocenters. The second kappa shape index (κ2) is 7.21. The second-order valence-electron chi connectivity index (χ2n) is 2.96. The van der Waals surface area contributed by atoms with Crippen molar-refractivity contribution in [3.05, 3.63) is 35.9 Å². The molecule has 16 heavy (non-hydrogen) atoms. The minimum absolute atomic E-state index is 0.0929. The Kier molecular flexibility index (Phi) is 5.84. The van der Waals surface area contributed by atoms with Gasteiger partial charge in [-0.1, -0.05) is 40.8 Å². The van der Waals surface area contributed by atoms with Crippen molar-refractivity contribution in [2.24, 2.45) is 0 Å². The molecule has 0 saturated heterocycles. The lowest BCUT2D eigenvalue weighted by Crippen LogP contribution is -2.30. The average molecular weight is 333 g/mol. The summed E-state index contributed by atoms with van der Waals surface area (Å²) in [6.07, 6.45) is 0. The highest BCUT2D eigenvalue weighted by Gasteiger charge is 2.07. The predicted octanol–water partition coefficient (Wildman–Crippen LogP) is 1.39. The minimum atomic E-state index is -0.416. The average Bonchev–Trinajstić information content (AvgIpc) is 2.34. The van der Waals surface area contributed by atoms with Crippen molar-refractivity contribution < 1.29 is 14.3 Å². The summed E-state index contributed by atoms with van der Waals surface area (Å²) >= 11 is 2.11. The van der Waals surface area contributed by atoms with E-state index in [1.807, 2.05) is 6.07 Å². The number of nitrogens with one attached hydrogen (secondary N) is 1. The van der Waals surface area contributed by atoms with Crippen LogP contribution in [0.2, 0.25) is 0 Å². The number of alkyl halides is 1. The van der Waals surface area contributed by atoms with Crippen molar-refractivity contribution in [3.63, 3.8) is 0 Å². The molecule has 0 heterocycles. The first kappa shape index (κ1) is 13.0. The van der Waals surface area contributed by atoms with Crippen LogP contribution in [-0.4, -0.2) is 29.5 Å². The van der Waals surface area contributed by atoms with Gasteiger partial charge in [0.2, 0.25) is 0 Å². The lowest BCUT2D eigenvalue weighted by atomic mass is 10.2. The van der Waals surface area contributed by atoms with Gasteiger partial charge in [-0.15, -0.1) is 0 Å². The highest BCUT2D eigenvalue weighted by Crippen LogP contribution is 1.97. The van der Waals surface area contributed by atoms with Crippen LogP contribution < -0.4 is 5.32 Å². The number of carbonyl (C=O) groups excluding carboxylic acids is 2. The molecule has 0 bridgehead atoms. The molecule has 0 aromatic heterocycles. The van der Waals surface area contributed by atoms with E-state index in [0.29, 0.717) is 12.2 Å². The molecule has 1 aromatic rings. The number of carbonyl (C=O) groups is 2. The molecular weight excluding hydrogens is 321 g/mol. The normalized spacial score (nSPS) is 9.56. The van der Waals surface area contributed by atoms with Gasteiger partial charge < -0.3 is 10.1 Å². The number of hydrogen-bond acceptors (Lipinski definition) is 3. The molecule has 1 amide bonds. The van der Waals surface area contributed by atoms with Crippen LogP contribution in [0.4, 0.5) is 0 Å². The summed E-state index contributed by atoms with van der Waals surface area (Å²) in [5, 5.41) is 2.49. The number of ether oxygens (including phenoxy) is 1. The monoisotopic (exact) mass is 333 g/mol. The zero-order valence-electron chi connectivity index (χ0n) is 8.61. The third kappa shape index (κ3) is 4.61. The molecule has 0 radical (unpaired) electrons. The molecule has 0 fully saturated rings. The summed E-state index contributed by atoms with van der Waals surface area (Å²) < 4.78 is 5.56. The number of halogens is 1. The molecular formula is C11H12INO3. The maximum absolute atomic E-state index is 11.5. The Morgan fingerprint density at radius 2 is 1.94 bits per heavy atom. The van der Waals surface area contributed by atoms with Crippen LogP contribution in [0.1, 0.15) is 10.4 Å². The van der Waals surface area contributed by atoms with E-state index >= 15 is 0 Å². The van der Waals surface area contributed by atoms with Gasteiger partial charge in [0.25, 0.3) is 5.91 Å². The fourth-order valence-electron chi connectivity index (χ4n) is 1.05. The van der Waals surface area contributed by atoms with Crippen molar-refractivity contribution in [1.82, 2.24) is 5.32 Å². The van der Waals surface area contributed by atoms with Crippen LogP contribution in [0.15, 0.2) is 30.3 Å². The van der Waals surface area contributed by atoms with Gasteiger partial charge in [-0.2, -0.15) is 0 Å². The number of benzene rings is 1. The van der Waals surface area contributed by atoms with E-state index in [0.717, 1.165) is 4.43 Å². The number of hydrogen-bond donors (Lipinski definition) is 1. The molecule has 0 spiro atoms. The Bertz CT molecular complexity index is 354. The zero-order valence-corrected chi connectivity index (χ0v) is 10.8. The Balaban J connectivity index is 2.33. The second-order valence-corrected chi connectivity index (χ2v) is 4.04. The fraction of sp³-hybridized carbons (Fsp3) is 0.273. The van der Waals surface area contributed by atoms with Crippen LogP contribution in [0.5, 0.6) is 0 Å². The summed E-state index contributed by atoms with van der Waals surface area (Å²) in [4.78, 5) is 22.6. The molecule has 1 N–H and O–H groups in total. The molecule has 0 aliphatic carbocycles. The number of amides is 1. The minimum Gasteiger partial charge on any atom is -0.464 e. The van der Waals surface area contributed by atoms with E-state index in [4.69, 9.17) is 4.74 Å². The van der Waals surface area contributed by atoms with Crippen LogP contribution in [0.25, 0.3) is 0 Å². The molecule has 0 saturated carbocycles. The smallest absolute Gasteiger partial charge is 0.325 e. The largest absolute Gasteiger partial charge is 0.464 e. The Morgan fingerprint density at radius 3 is 2.56 bits per heavy atom. The van der Waals surface area contributed by atoms with Gasteiger partial charge >= 0.3 is 5.97 Å². The highest BCUT2D eigenvalue weighted by atomic mass is 127. The lowest BCUT2D eigenvalue weighted by Gasteiger charge is -2.05. The molecule has 5 heteroatoms. The van der Waals surface area contributed by atoms with Gasteiger partial charge in [-0.25, -0.2) is 0 Å². The summed E-state index contributed by atoms with van der Waals surface area (Å²) in [6, 6.07) is 8.73. The first-order chi connectivity index (χ1) is 7.74. The number of rotatable bonds is 5. The van der Waals surface area contributed by atoms with Gasteiger partial charge in [0.15, 0.2) is 0 Å². The Labute approximate surface area is 108 Å². The van der Waals surface area contributed by atoms with Crippen LogP contribution >= 0.6 is 22.6 Å². The van der Waals surface area contributed by atoms with E-state index < -0.39 is 5.97 Å². The van der Waals surface area contributed by atoms with E-state index in [9.17, 15) is 9.59 Å². The van der Waals surface area contributed by atoms with Crippen molar-refractivity contribution >= 4 is 34.5 Å². The van der Waals surface area contributed by atoms with E-state index in [-0.39, 0.29) is 12.5 Å². The quantitative estimate of drug-likeness (QED) is 0.503. The molecule has 1 rings (SSSR count). The molecule has 86 valence electrons. The Hall–Kier alpha value is -1.11. The van der Waals surface area contributed by atoms with Gasteiger partial charge in [-0.05, 0) is 12.1 Å². The first-order valence-electron chi connectivity index (χ1n) is 4.79. The SMILES string of the molecule is O=C(CNC(=O)c1ccccc1)OCCI. The third-order valence-electron chi connectivity index (χ3n) is 1.77. The Morgan fingerprint density at radius 1 is 1.25 bits per heavy atom. The van der Waals surface area contributed by atoms with Crippen LogP contribution in [0.3, 0.4) is 0 Å². The van der Waals surface area contributed by atoms with E-state index in [1.54, 1.807) is 24.3 Å². The summed E-state index contributed by atoms with van der Waals surface area (Å²) in [6.45, 7) is 0.283. The predicted molar refractivity (Wildman–Crippen MR) is 68.6 cm³/mol. The zero-order chi connectivity index (χ0) is 11.8. The molecule has 4 nitrogen and oxygen atoms in total. The molecule has 0 aliphatic heterocycles. The van der Waals surface area contributed by atoms with Gasteiger partial charge in [-0.3, -0.25) is 9.59 Å². The van der Waals surface area contributed by atoms with E-state index in [1.165, 1.54) is 0 Å². The van der Waals surface area contributed by atoms with Crippen LogP contribution in [-0.2, 0) is 9.53 Å². The molecule has 0 unspecified atom stereocenters. The standard InChI is InChI=1S/C11H12INO3/c12-6-7-16-10(14)8-13-11(15)9-4-2-1-3-5-9/h1-5H,6-8H2,(H,13,15). The summed E-state index contributed by atoms with van der Waals surface area (Å²) in [5.41, 5.74) is 0.532. The van der Waals surface area contributed by atoms with Gasteiger partial charge in [0.05, 0.1) is 0 Å². The fourth-order valence-corrected chi connectivity index (χ4v) is 1.27. The summed E-state index contributed by atoms with van der Waals surface area (Å²) in [7, 11) is 0. The number of esters is 1. The van der Waals surface area contributed by atoms with Crippen molar-refractivity contribution in [2.45, 2.75) is 0 Å². The maximum atomic E-state index is 11.5. The lowest BCUT2D eigenvalue weighted by molar-refractivity contribution is -0.141. The van der Waals surface area contributed by atoms with Crippen LogP contribution in [0, 0.1) is 0 Å². The van der Waals surface area contributed by atoms with Crippen molar-refractivity contribution in [3.8, 4) is 0 Å². The maximum Gasteiger partial charge on any atom is 0.325 e. The third-order valence-corrected chi connectivity index (χ3v) is 2.21. The molecule has 0 aliphatic rings. The highest BCUT2D eigenvalue weighted by molar-refractivity contribution is 14.1. The summed E-state index contributed by atoms with van der Waals surface area (Å²) in [5.74, 6) is -0.687. The van der Waals surface area contributed by atoms with Crippen molar-refractivity contribution in [2.75, 3.05) is 17.6 Å². The first-order valence-corrected chi connectivity index (χ1v) is 6.31.